The van der Waals surface area contributed by atoms with Gasteiger partial charge in [-0.05, 0) is 64.0 Å². The fraction of sp³-hybridized carbons (Fsp3) is 0.207. The summed E-state index contributed by atoms with van der Waals surface area (Å²) in [6, 6.07) is 18.3. The van der Waals surface area contributed by atoms with Crippen LogP contribution in [-0.4, -0.2) is 15.0 Å². The van der Waals surface area contributed by atoms with Gasteiger partial charge in [0.2, 0.25) is 0 Å². The topological polar surface area (TPSA) is 41.9 Å². The molecule has 168 valence electrons. The Morgan fingerprint density at radius 3 is 2.12 bits per heavy atom. The van der Waals surface area contributed by atoms with Crippen LogP contribution in [0, 0.1) is 6.92 Å². The molecule has 0 aliphatic rings. The fourth-order valence-corrected chi connectivity index (χ4v) is 3.43. The number of benzene rings is 2. The van der Waals surface area contributed by atoms with E-state index in [2.05, 4.69) is 89.9 Å². The highest BCUT2D eigenvalue weighted by molar-refractivity contribution is 5.66. The summed E-state index contributed by atoms with van der Waals surface area (Å²) in [6.45, 7) is 12.5. The summed E-state index contributed by atoms with van der Waals surface area (Å²) in [7, 11) is 0. The number of hydrogen-bond donors (Lipinski definition) is 0. The molecule has 1 heterocycles. The molecular weight excluding hydrogens is 404 g/mol. The number of aryl methyl sites for hydroxylation is 1. The van der Waals surface area contributed by atoms with Gasteiger partial charge in [0.1, 0.15) is 5.82 Å². The first-order valence-corrected chi connectivity index (χ1v) is 11.4. The lowest BCUT2D eigenvalue weighted by Gasteiger charge is -2.26. The van der Waals surface area contributed by atoms with Crippen LogP contribution in [0.1, 0.15) is 39.4 Å². The van der Waals surface area contributed by atoms with E-state index in [1.54, 1.807) is 0 Å². The zero-order valence-corrected chi connectivity index (χ0v) is 20.0. The second kappa shape index (κ2) is 11.7. The van der Waals surface area contributed by atoms with Crippen molar-refractivity contribution >= 4 is 5.69 Å². The van der Waals surface area contributed by atoms with Gasteiger partial charge in [-0.1, -0.05) is 68.1 Å². The second-order valence-electron chi connectivity index (χ2n) is 7.72. The molecule has 4 heteroatoms. The lowest BCUT2D eigenvalue weighted by atomic mass is 10.1. The lowest BCUT2D eigenvalue weighted by molar-refractivity contribution is 0.991. The van der Waals surface area contributed by atoms with E-state index in [9.17, 15) is 0 Å². The number of rotatable bonds is 9. The minimum Gasteiger partial charge on any atom is -0.315 e. The number of aromatic nitrogens is 3. The quantitative estimate of drug-likeness (QED) is 0.255. The molecule has 0 radical (unpaired) electrons. The van der Waals surface area contributed by atoms with Crippen molar-refractivity contribution in [2.24, 2.45) is 0 Å². The minimum absolute atomic E-state index is 0.670. The summed E-state index contributed by atoms with van der Waals surface area (Å²) in [5.74, 6) is 2.05. The van der Waals surface area contributed by atoms with E-state index < -0.39 is 0 Å². The maximum absolute atomic E-state index is 4.72. The average molecular weight is 437 g/mol. The van der Waals surface area contributed by atoms with Crippen LogP contribution < -0.4 is 4.90 Å². The predicted molar refractivity (Wildman–Crippen MR) is 140 cm³/mol. The highest BCUT2D eigenvalue weighted by atomic mass is 15.1. The van der Waals surface area contributed by atoms with Crippen molar-refractivity contribution in [3.05, 3.63) is 109 Å². The molecule has 3 aromatic rings. The predicted octanol–water partition coefficient (Wildman–Crippen LogP) is 7.67. The van der Waals surface area contributed by atoms with Gasteiger partial charge in [0, 0.05) is 28.2 Å². The molecule has 0 atom stereocenters. The van der Waals surface area contributed by atoms with Crippen LogP contribution in [0.4, 0.5) is 5.69 Å². The number of hydrogen-bond acceptors (Lipinski definition) is 4. The van der Waals surface area contributed by atoms with Gasteiger partial charge in [0.25, 0.3) is 0 Å². The molecule has 3 rings (SSSR count). The summed E-state index contributed by atoms with van der Waals surface area (Å²) in [6.07, 6.45) is 12.6. The molecule has 0 amide bonds. The van der Waals surface area contributed by atoms with E-state index >= 15 is 0 Å². The van der Waals surface area contributed by atoms with Crippen LogP contribution in [-0.2, 0) is 0 Å². The summed E-state index contributed by atoms with van der Waals surface area (Å²) >= 11 is 0. The van der Waals surface area contributed by atoms with Crippen LogP contribution in [0.5, 0.6) is 0 Å². The molecule has 1 aromatic heterocycles. The van der Waals surface area contributed by atoms with Gasteiger partial charge >= 0.3 is 0 Å². The van der Waals surface area contributed by atoms with E-state index in [4.69, 9.17) is 4.98 Å². The van der Waals surface area contributed by atoms with E-state index in [1.807, 2.05) is 44.2 Å². The Bertz CT molecular complexity index is 1160. The minimum atomic E-state index is 0.670. The zero-order chi connectivity index (χ0) is 23.6. The van der Waals surface area contributed by atoms with E-state index in [1.165, 1.54) is 0 Å². The molecule has 0 bridgehead atoms. The van der Waals surface area contributed by atoms with Gasteiger partial charge in [0.15, 0.2) is 11.6 Å². The van der Waals surface area contributed by atoms with Gasteiger partial charge in [-0.25, -0.2) is 15.0 Å². The number of nitrogens with zero attached hydrogens (tertiary/aromatic N) is 4. The Morgan fingerprint density at radius 2 is 1.52 bits per heavy atom. The van der Waals surface area contributed by atoms with Crippen molar-refractivity contribution in [2.45, 2.75) is 40.5 Å². The van der Waals surface area contributed by atoms with Crippen LogP contribution >= 0.6 is 0 Å². The fourth-order valence-electron chi connectivity index (χ4n) is 3.43. The smallest absolute Gasteiger partial charge is 0.163 e. The molecule has 0 N–H and O–H groups in total. The molecule has 0 spiro atoms. The van der Waals surface area contributed by atoms with Crippen LogP contribution in [0.15, 0.2) is 103 Å². The molecule has 4 nitrogen and oxygen atoms in total. The van der Waals surface area contributed by atoms with Gasteiger partial charge in [-0.15, -0.1) is 0 Å². The average Bonchev–Trinajstić information content (AvgIpc) is 2.84. The van der Waals surface area contributed by atoms with Crippen molar-refractivity contribution in [1.82, 2.24) is 15.0 Å². The van der Waals surface area contributed by atoms with Crippen molar-refractivity contribution in [2.75, 3.05) is 4.90 Å². The van der Waals surface area contributed by atoms with Crippen molar-refractivity contribution in [3.63, 3.8) is 0 Å². The first-order chi connectivity index (χ1) is 16.0. The van der Waals surface area contributed by atoms with Crippen LogP contribution in [0.25, 0.3) is 22.8 Å². The van der Waals surface area contributed by atoms with E-state index in [0.717, 1.165) is 41.1 Å². The Morgan fingerprint density at radius 1 is 0.879 bits per heavy atom. The maximum Gasteiger partial charge on any atom is 0.163 e. The Labute approximate surface area is 197 Å². The van der Waals surface area contributed by atoms with Gasteiger partial charge < -0.3 is 4.90 Å². The third kappa shape index (κ3) is 6.36. The molecule has 2 aromatic carbocycles. The second-order valence-corrected chi connectivity index (χ2v) is 7.72. The zero-order valence-electron chi connectivity index (χ0n) is 20.0. The van der Waals surface area contributed by atoms with Crippen LogP contribution in [0.3, 0.4) is 0 Å². The van der Waals surface area contributed by atoms with E-state index in [-0.39, 0.29) is 0 Å². The van der Waals surface area contributed by atoms with Gasteiger partial charge in [-0.3, -0.25) is 0 Å². The maximum atomic E-state index is 4.72. The van der Waals surface area contributed by atoms with Gasteiger partial charge in [-0.2, -0.15) is 0 Å². The van der Waals surface area contributed by atoms with E-state index in [0.29, 0.717) is 17.5 Å². The molecule has 0 aliphatic heterocycles. The third-order valence-electron chi connectivity index (χ3n) is 5.21. The highest BCUT2D eigenvalue weighted by Gasteiger charge is 2.12. The monoisotopic (exact) mass is 436 g/mol. The summed E-state index contributed by atoms with van der Waals surface area (Å²) in [5.41, 5.74) is 5.01. The third-order valence-corrected chi connectivity index (χ3v) is 5.21. The normalized spacial score (nSPS) is 11.9. The van der Waals surface area contributed by atoms with Gasteiger partial charge in [0.05, 0.1) is 0 Å². The molecule has 0 fully saturated rings. The largest absolute Gasteiger partial charge is 0.315 e. The Hall–Kier alpha value is -3.79. The standard InChI is InChI=1S/C29H32N4/c1-6-8-9-10-12-15-23(4)33(22(3)7-2)27-20-18-26(19-21-27)29-31-24(5)30-28(32-29)25-16-13-11-14-17-25/h7-9,11-21H,4,6,10H2,1-3,5H3/b9-8-,15-12?,22-7?. The Balaban J connectivity index is 1.88. The molecule has 0 aliphatic carbocycles. The van der Waals surface area contributed by atoms with Crippen molar-refractivity contribution < 1.29 is 0 Å². The lowest BCUT2D eigenvalue weighted by Crippen LogP contribution is -2.18. The Kier molecular flexibility index (Phi) is 8.48. The highest BCUT2D eigenvalue weighted by Crippen LogP contribution is 2.27. The van der Waals surface area contributed by atoms with Crippen LogP contribution in [0.2, 0.25) is 0 Å². The number of anilines is 1. The molecule has 0 unspecified atom stereocenters. The summed E-state index contributed by atoms with van der Waals surface area (Å²) < 4.78 is 0. The number of allylic oxidation sites excluding steroid dienone is 6. The molecule has 0 saturated carbocycles. The first kappa shape index (κ1) is 23.9. The summed E-state index contributed by atoms with van der Waals surface area (Å²) in [5, 5.41) is 0. The SMILES string of the molecule is C=C(C=CC/C=C\CC)N(C(C)=CC)c1ccc(-c2nc(C)nc(-c3ccccc3)n2)cc1. The molecular formula is C29H32N4. The first-order valence-electron chi connectivity index (χ1n) is 11.4. The molecule has 33 heavy (non-hydrogen) atoms. The van der Waals surface area contributed by atoms with Crippen molar-refractivity contribution in [1.29, 1.82) is 0 Å². The summed E-state index contributed by atoms with van der Waals surface area (Å²) in [4.78, 5) is 16.0. The van der Waals surface area contributed by atoms with Crippen molar-refractivity contribution in [3.8, 4) is 22.8 Å². The molecule has 0 saturated heterocycles.